The van der Waals surface area contributed by atoms with Gasteiger partial charge in [-0.1, -0.05) is 60.7 Å². The Morgan fingerprint density at radius 1 is 0.773 bits per heavy atom. The molecule has 2 aromatic rings. The Labute approximate surface area is 131 Å². The molecule has 4 heteroatoms. The van der Waals surface area contributed by atoms with Gasteiger partial charge >= 0.3 is 0 Å². The van der Waals surface area contributed by atoms with Gasteiger partial charge in [0, 0.05) is 6.54 Å². The number of hydrogen-bond acceptors (Lipinski definition) is 3. The van der Waals surface area contributed by atoms with E-state index in [1.807, 2.05) is 72.5 Å². The van der Waals surface area contributed by atoms with Gasteiger partial charge < -0.3 is 4.90 Å². The second kappa shape index (κ2) is 5.81. The lowest BCUT2D eigenvalue weighted by molar-refractivity contribution is 0.578. The molecule has 0 unspecified atom stereocenters. The standard InChI is InChI=1S/C18H17NO2S/c1-2-19-17(15-9-5-3-6-10-15)13-22(20,21)14-18(19)16-11-7-4-8-12-16/h3-14H,2H2,1H3. The van der Waals surface area contributed by atoms with E-state index in [1.165, 1.54) is 10.8 Å². The first kappa shape index (κ1) is 14.6. The second-order valence-corrected chi connectivity index (χ2v) is 6.72. The van der Waals surface area contributed by atoms with Crippen LogP contribution in [0.3, 0.4) is 0 Å². The molecule has 0 amide bonds. The van der Waals surface area contributed by atoms with Crippen LogP contribution in [0.5, 0.6) is 0 Å². The Balaban J connectivity index is 2.15. The minimum atomic E-state index is -3.39. The van der Waals surface area contributed by atoms with E-state index in [0.717, 1.165) is 11.1 Å². The van der Waals surface area contributed by atoms with E-state index in [0.29, 0.717) is 17.9 Å². The first-order chi connectivity index (χ1) is 10.6. The van der Waals surface area contributed by atoms with Crippen LogP contribution in [0.4, 0.5) is 0 Å². The van der Waals surface area contributed by atoms with Crippen molar-refractivity contribution in [3.8, 4) is 0 Å². The molecule has 3 rings (SSSR count). The Bertz CT molecular complexity index is 758. The number of hydrogen-bond donors (Lipinski definition) is 0. The molecular formula is C18H17NO2S. The molecule has 0 saturated heterocycles. The predicted octanol–water partition coefficient (Wildman–Crippen LogP) is 3.73. The molecule has 1 aliphatic rings. The lowest BCUT2D eigenvalue weighted by Crippen LogP contribution is -2.24. The number of rotatable bonds is 3. The van der Waals surface area contributed by atoms with Gasteiger partial charge in [0.05, 0.1) is 22.2 Å². The van der Waals surface area contributed by atoms with Crippen molar-refractivity contribution in [1.82, 2.24) is 4.90 Å². The van der Waals surface area contributed by atoms with Gasteiger partial charge in [-0.25, -0.2) is 8.42 Å². The van der Waals surface area contributed by atoms with Gasteiger partial charge in [-0.15, -0.1) is 0 Å². The molecule has 0 N–H and O–H groups in total. The van der Waals surface area contributed by atoms with E-state index in [-0.39, 0.29) is 0 Å². The highest BCUT2D eigenvalue weighted by atomic mass is 32.2. The monoisotopic (exact) mass is 311 g/mol. The lowest BCUT2D eigenvalue weighted by atomic mass is 10.1. The summed E-state index contributed by atoms with van der Waals surface area (Å²) in [6.45, 7) is 2.71. The molecular weight excluding hydrogens is 294 g/mol. The molecule has 0 radical (unpaired) electrons. The van der Waals surface area contributed by atoms with E-state index >= 15 is 0 Å². The fraction of sp³-hybridized carbons (Fsp3) is 0.111. The average Bonchev–Trinajstić information content (AvgIpc) is 2.55. The Morgan fingerprint density at radius 2 is 1.18 bits per heavy atom. The summed E-state index contributed by atoms with van der Waals surface area (Å²) < 4.78 is 24.6. The fourth-order valence-electron chi connectivity index (χ4n) is 2.61. The molecule has 2 aromatic carbocycles. The van der Waals surface area contributed by atoms with Crippen LogP contribution in [0.2, 0.25) is 0 Å². The van der Waals surface area contributed by atoms with Gasteiger partial charge in [0.15, 0.2) is 9.84 Å². The normalized spacial score (nSPS) is 16.9. The van der Waals surface area contributed by atoms with Crippen molar-refractivity contribution in [1.29, 1.82) is 0 Å². The molecule has 22 heavy (non-hydrogen) atoms. The minimum Gasteiger partial charge on any atom is -0.340 e. The summed E-state index contributed by atoms with van der Waals surface area (Å²) in [6.07, 6.45) is 0. The maximum atomic E-state index is 12.3. The number of benzene rings is 2. The van der Waals surface area contributed by atoms with E-state index < -0.39 is 9.84 Å². The van der Waals surface area contributed by atoms with Crippen molar-refractivity contribution in [2.24, 2.45) is 0 Å². The summed E-state index contributed by atoms with van der Waals surface area (Å²) in [6, 6.07) is 19.2. The van der Waals surface area contributed by atoms with Crippen LogP contribution >= 0.6 is 0 Å². The van der Waals surface area contributed by atoms with Crippen molar-refractivity contribution in [2.45, 2.75) is 6.92 Å². The van der Waals surface area contributed by atoms with Crippen molar-refractivity contribution in [2.75, 3.05) is 6.54 Å². The predicted molar refractivity (Wildman–Crippen MR) is 90.1 cm³/mol. The highest BCUT2D eigenvalue weighted by Gasteiger charge is 2.25. The summed E-state index contributed by atoms with van der Waals surface area (Å²) in [5, 5.41) is 2.69. The third-order valence-electron chi connectivity index (χ3n) is 3.59. The summed E-state index contributed by atoms with van der Waals surface area (Å²) in [4.78, 5) is 2.03. The minimum absolute atomic E-state index is 0.691. The zero-order valence-corrected chi connectivity index (χ0v) is 13.1. The molecule has 0 saturated carbocycles. The Morgan fingerprint density at radius 3 is 1.55 bits per heavy atom. The quantitative estimate of drug-likeness (QED) is 0.866. The second-order valence-electron chi connectivity index (χ2n) is 5.07. The molecule has 0 bridgehead atoms. The third kappa shape index (κ3) is 2.83. The molecule has 112 valence electrons. The van der Waals surface area contributed by atoms with E-state index in [9.17, 15) is 8.42 Å². The maximum absolute atomic E-state index is 12.3. The van der Waals surface area contributed by atoms with Crippen LogP contribution in [-0.2, 0) is 9.84 Å². The first-order valence-electron chi connectivity index (χ1n) is 7.17. The Hall–Kier alpha value is -2.33. The van der Waals surface area contributed by atoms with Crippen molar-refractivity contribution in [3.63, 3.8) is 0 Å². The van der Waals surface area contributed by atoms with Gasteiger partial charge in [-0.3, -0.25) is 0 Å². The van der Waals surface area contributed by atoms with E-state index in [4.69, 9.17) is 0 Å². The molecule has 0 spiro atoms. The van der Waals surface area contributed by atoms with Gasteiger partial charge in [0.2, 0.25) is 0 Å². The molecule has 1 aliphatic heterocycles. The summed E-state index contributed by atoms with van der Waals surface area (Å²) >= 11 is 0. The first-order valence-corrected chi connectivity index (χ1v) is 8.78. The van der Waals surface area contributed by atoms with Crippen LogP contribution in [0.25, 0.3) is 11.4 Å². The average molecular weight is 311 g/mol. The van der Waals surface area contributed by atoms with Crippen LogP contribution in [0, 0.1) is 0 Å². The zero-order valence-electron chi connectivity index (χ0n) is 12.3. The van der Waals surface area contributed by atoms with Crippen molar-refractivity contribution < 1.29 is 8.42 Å². The smallest absolute Gasteiger partial charge is 0.197 e. The summed E-state index contributed by atoms with van der Waals surface area (Å²) in [5.41, 5.74) is 3.22. The molecule has 0 aliphatic carbocycles. The van der Waals surface area contributed by atoms with Crippen LogP contribution < -0.4 is 0 Å². The van der Waals surface area contributed by atoms with Gasteiger partial charge in [0.1, 0.15) is 0 Å². The van der Waals surface area contributed by atoms with Crippen LogP contribution in [0.15, 0.2) is 71.5 Å². The highest BCUT2D eigenvalue weighted by molar-refractivity contribution is 7.97. The van der Waals surface area contributed by atoms with Crippen LogP contribution in [0.1, 0.15) is 18.1 Å². The molecule has 0 fully saturated rings. The SMILES string of the molecule is CCN1C(c2ccccc2)=CS(=O)(=O)C=C1c1ccccc1. The van der Waals surface area contributed by atoms with Gasteiger partial charge in [0.25, 0.3) is 0 Å². The van der Waals surface area contributed by atoms with Gasteiger partial charge in [-0.2, -0.15) is 0 Å². The summed E-state index contributed by atoms with van der Waals surface area (Å²) in [5.74, 6) is 0. The van der Waals surface area contributed by atoms with E-state index in [1.54, 1.807) is 0 Å². The largest absolute Gasteiger partial charge is 0.340 e. The fourth-order valence-corrected chi connectivity index (χ4v) is 3.83. The molecule has 0 atom stereocenters. The highest BCUT2D eigenvalue weighted by Crippen LogP contribution is 2.34. The number of nitrogens with zero attached hydrogens (tertiary/aromatic N) is 1. The van der Waals surface area contributed by atoms with E-state index in [2.05, 4.69) is 0 Å². The molecule has 0 aromatic heterocycles. The number of sulfone groups is 1. The summed E-state index contributed by atoms with van der Waals surface area (Å²) in [7, 11) is -3.39. The lowest BCUT2D eigenvalue weighted by Gasteiger charge is -2.31. The topological polar surface area (TPSA) is 37.4 Å². The van der Waals surface area contributed by atoms with Gasteiger partial charge in [-0.05, 0) is 18.1 Å². The maximum Gasteiger partial charge on any atom is 0.197 e. The third-order valence-corrected chi connectivity index (χ3v) is 4.69. The zero-order chi connectivity index (χ0) is 15.6. The van der Waals surface area contributed by atoms with Crippen LogP contribution in [-0.4, -0.2) is 19.9 Å². The van der Waals surface area contributed by atoms with Crippen molar-refractivity contribution in [3.05, 3.63) is 82.6 Å². The Kier molecular flexibility index (Phi) is 3.86. The van der Waals surface area contributed by atoms with Crippen molar-refractivity contribution >= 4 is 21.2 Å². The molecule has 3 nitrogen and oxygen atoms in total. The molecule has 1 heterocycles.